The second-order valence-electron chi connectivity index (χ2n) is 5.25. The average molecular weight is 261 g/mol. The molecular weight excluding hydrogens is 238 g/mol. The minimum atomic E-state index is -0.370. The van der Waals surface area contributed by atoms with Crippen molar-refractivity contribution in [3.8, 4) is 0 Å². The summed E-state index contributed by atoms with van der Waals surface area (Å²) in [5, 5.41) is 2.99. The number of likely N-dealkylation sites (N-methyl/N-ethyl adjacent to an activating group) is 1. The van der Waals surface area contributed by atoms with E-state index >= 15 is 0 Å². The lowest BCUT2D eigenvalue weighted by atomic mass is 9.84. The number of carbonyl (C=O) groups excluding carboxylic acids is 1. The summed E-state index contributed by atoms with van der Waals surface area (Å²) in [7, 11) is 3.19. The zero-order valence-electron chi connectivity index (χ0n) is 11.8. The second-order valence-corrected chi connectivity index (χ2v) is 5.25. The number of hydrogen-bond donors (Lipinski definition) is 1. The number of hydrogen-bond acceptors (Lipinski definition) is 3. The van der Waals surface area contributed by atoms with Crippen molar-refractivity contribution in [3.63, 3.8) is 0 Å². The quantitative estimate of drug-likeness (QED) is 0.846. The molecule has 1 aromatic rings. The van der Waals surface area contributed by atoms with Gasteiger partial charge in [0.15, 0.2) is 0 Å². The average Bonchev–Trinajstić information content (AvgIpc) is 2.49. The fourth-order valence-electron chi connectivity index (χ4n) is 2.94. The lowest BCUT2D eigenvalue weighted by molar-refractivity contribution is -0.143. The van der Waals surface area contributed by atoms with Gasteiger partial charge < -0.3 is 10.1 Å². The van der Waals surface area contributed by atoms with Gasteiger partial charge in [-0.3, -0.25) is 0 Å². The molecule has 2 rings (SSSR count). The Morgan fingerprint density at radius 1 is 1.21 bits per heavy atom. The fourth-order valence-corrected chi connectivity index (χ4v) is 2.94. The SMILES string of the molecule is CNC(C(=O)OC)c1ccc(C2CCCCC2)cc1. The van der Waals surface area contributed by atoms with Gasteiger partial charge in [-0.15, -0.1) is 0 Å². The van der Waals surface area contributed by atoms with Gasteiger partial charge in [-0.2, -0.15) is 0 Å². The molecule has 19 heavy (non-hydrogen) atoms. The molecule has 0 spiro atoms. The van der Waals surface area contributed by atoms with Crippen LogP contribution < -0.4 is 5.32 Å². The van der Waals surface area contributed by atoms with E-state index in [4.69, 9.17) is 4.74 Å². The van der Waals surface area contributed by atoms with E-state index in [0.717, 1.165) is 5.56 Å². The minimum Gasteiger partial charge on any atom is -0.468 e. The molecule has 0 aliphatic heterocycles. The van der Waals surface area contributed by atoms with Crippen molar-refractivity contribution in [2.24, 2.45) is 0 Å². The van der Waals surface area contributed by atoms with Crippen LogP contribution in [0, 0.1) is 0 Å². The van der Waals surface area contributed by atoms with Crippen LogP contribution in [0.1, 0.15) is 55.2 Å². The topological polar surface area (TPSA) is 38.3 Å². The third kappa shape index (κ3) is 3.35. The van der Waals surface area contributed by atoms with Crippen LogP contribution in [0.5, 0.6) is 0 Å². The second kappa shape index (κ2) is 6.71. The van der Waals surface area contributed by atoms with Crippen molar-refractivity contribution in [3.05, 3.63) is 35.4 Å². The Bertz CT molecular complexity index is 407. The summed E-state index contributed by atoms with van der Waals surface area (Å²) in [4.78, 5) is 11.6. The summed E-state index contributed by atoms with van der Waals surface area (Å²) >= 11 is 0. The van der Waals surface area contributed by atoms with E-state index in [2.05, 4.69) is 17.4 Å². The molecule has 1 fully saturated rings. The van der Waals surface area contributed by atoms with Gasteiger partial charge >= 0.3 is 5.97 Å². The van der Waals surface area contributed by atoms with E-state index < -0.39 is 0 Å². The molecule has 1 saturated carbocycles. The van der Waals surface area contributed by atoms with Crippen LogP contribution in [0.25, 0.3) is 0 Å². The largest absolute Gasteiger partial charge is 0.468 e. The third-order valence-corrected chi connectivity index (χ3v) is 4.07. The Morgan fingerprint density at radius 2 is 1.84 bits per heavy atom. The molecular formula is C16H23NO2. The van der Waals surface area contributed by atoms with Crippen LogP contribution >= 0.6 is 0 Å². The van der Waals surface area contributed by atoms with Gasteiger partial charge in [-0.05, 0) is 36.9 Å². The molecule has 0 aromatic heterocycles. The number of nitrogens with one attached hydrogen (secondary N) is 1. The Kier molecular flexibility index (Phi) is 4.97. The third-order valence-electron chi connectivity index (χ3n) is 4.07. The van der Waals surface area contributed by atoms with Gasteiger partial charge in [0.25, 0.3) is 0 Å². The monoisotopic (exact) mass is 261 g/mol. The smallest absolute Gasteiger partial charge is 0.327 e. The number of rotatable bonds is 4. The fraction of sp³-hybridized carbons (Fsp3) is 0.562. The first-order chi connectivity index (χ1) is 9.26. The van der Waals surface area contributed by atoms with E-state index in [1.54, 1.807) is 7.05 Å². The van der Waals surface area contributed by atoms with Crippen molar-refractivity contribution < 1.29 is 9.53 Å². The molecule has 104 valence electrons. The summed E-state index contributed by atoms with van der Waals surface area (Å²) < 4.78 is 4.80. The first-order valence-electron chi connectivity index (χ1n) is 7.11. The predicted octanol–water partition coefficient (Wildman–Crippen LogP) is 3.17. The first kappa shape index (κ1) is 14.1. The Balaban J connectivity index is 2.10. The molecule has 1 N–H and O–H groups in total. The Hall–Kier alpha value is -1.35. The minimum absolute atomic E-state index is 0.243. The van der Waals surface area contributed by atoms with Crippen LogP contribution in [-0.4, -0.2) is 20.1 Å². The highest BCUT2D eigenvalue weighted by molar-refractivity contribution is 5.77. The summed E-state index contributed by atoms with van der Waals surface area (Å²) in [5.41, 5.74) is 2.37. The summed E-state index contributed by atoms with van der Waals surface area (Å²) in [5.74, 6) is 0.460. The van der Waals surface area contributed by atoms with Crippen LogP contribution in [0.3, 0.4) is 0 Å². The summed E-state index contributed by atoms with van der Waals surface area (Å²) in [6, 6.07) is 8.05. The highest BCUT2D eigenvalue weighted by atomic mass is 16.5. The molecule has 3 heteroatoms. The Labute approximate surface area is 115 Å². The van der Waals surface area contributed by atoms with E-state index in [0.29, 0.717) is 5.92 Å². The normalized spacial score (nSPS) is 18.0. The van der Waals surface area contributed by atoms with E-state index in [9.17, 15) is 4.79 Å². The van der Waals surface area contributed by atoms with Gasteiger partial charge in [0.2, 0.25) is 0 Å². The zero-order chi connectivity index (χ0) is 13.7. The van der Waals surface area contributed by atoms with Crippen LogP contribution in [0.15, 0.2) is 24.3 Å². The molecule has 0 heterocycles. The lowest BCUT2D eigenvalue weighted by Gasteiger charge is -2.22. The van der Waals surface area contributed by atoms with Crippen molar-refractivity contribution in [1.29, 1.82) is 0 Å². The van der Waals surface area contributed by atoms with Crippen molar-refractivity contribution in [1.82, 2.24) is 5.32 Å². The Morgan fingerprint density at radius 3 is 2.37 bits per heavy atom. The van der Waals surface area contributed by atoms with Crippen LogP contribution in [0.2, 0.25) is 0 Å². The predicted molar refractivity (Wildman–Crippen MR) is 76.1 cm³/mol. The molecule has 1 aromatic carbocycles. The number of benzene rings is 1. The van der Waals surface area contributed by atoms with Gasteiger partial charge in [0.1, 0.15) is 6.04 Å². The maximum absolute atomic E-state index is 11.6. The molecule has 0 amide bonds. The van der Waals surface area contributed by atoms with Gasteiger partial charge in [-0.1, -0.05) is 43.5 Å². The zero-order valence-corrected chi connectivity index (χ0v) is 11.8. The number of methoxy groups -OCH3 is 1. The van der Waals surface area contributed by atoms with Gasteiger partial charge in [0.05, 0.1) is 7.11 Å². The lowest BCUT2D eigenvalue weighted by Crippen LogP contribution is -2.26. The molecule has 0 radical (unpaired) electrons. The molecule has 1 aliphatic carbocycles. The maximum atomic E-state index is 11.6. The molecule has 0 saturated heterocycles. The first-order valence-corrected chi connectivity index (χ1v) is 7.11. The summed E-state index contributed by atoms with van der Waals surface area (Å²) in [6.07, 6.45) is 6.65. The van der Waals surface area contributed by atoms with E-state index in [1.165, 1.54) is 44.8 Å². The number of esters is 1. The number of ether oxygens (including phenoxy) is 1. The van der Waals surface area contributed by atoms with Crippen molar-refractivity contribution >= 4 is 5.97 Å². The number of carbonyl (C=O) groups is 1. The van der Waals surface area contributed by atoms with Gasteiger partial charge in [-0.25, -0.2) is 4.79 Å². The molecule has 1 unspecified atom stereocenters. The highest BCUT2D eigenvalue weighted by Gasteiger charge is 2.20. The van der Waals surface area contributed by atoms with Crippen molar-refractivity contribution in [2.75, 3.05) is 14.2 Å². The molecule has 3 nitrogen and oxygen atoms in total. The van der Waals surface area contributed by atoms with Crippen LogP contribution in [-0.2, 0) is 9.53 Å². The maximum Gasteiger partial charge on any atom is 0.327 e. The molecule has 1 aliphatic rings. The summed E-state index contributed by atoms with van der Waals surface area (Å²) in [6.45, 7) is 0. The van der Waals surface area contributed by atoms with Crippen molar-refractivity contribution in [2.45, 2.75) is 44.1 Å². The standard InChI is InChI=1S/C16H23NO2/c1-17-15(16(18)19-2)14-10-8-13(9-11-14)12-6-4-3-5-7-12/h8-12,15,17H,3-7H2,1-2H3. The molecule has 1 atom stereocenters. The van der Waals surface area contributed by atoms with E-state index in [-0.39, 0.29) is 12.0 Å². The highest BCUT2D eigenvalue weighted by Crippen LogP contribution is 2.33. The van der Waals surface area contributed by atoms with Crippen LogP contribution in [0.4, 0.5) is 0 Å². The molecule has 0 bridgehead atoms. The van der Waals surface area contributed by atoms with E-state index in [1.807, 2.05) is 12.1 Å². The van der Waals surface area contributed by atoms with Gasteiger partial charge in [0, 0.05) is 0 Å².